The molecule has 1 N–H and O–H groups in total. The van der Waals surface area contributed by atoms with Crippen LogP contribution in [0.2, 0.25) is 0 Å². The molecule has 0 atom stereocenters. The highest BCUT2D eigenvalue weighted by Gasteiger charge is 2.36. The monoisotopic (exact) mass is 257 g/mol. The minimum Gasteiger partial charge on any atom is -0.359 e. The molecule has 1 aromatic rings. The maximum Gasteiger partial charge on any atom is 0.202 e. The molecule has 3 nitrogen and oxygen atoms in total. The summed E-state index contributed by atoms with van der Waals surface area (Å²) in [6.07, 6.45) is 6.24. The molecule has 90 valence electrons. The van der Waals surface area contributed by atoms with Gasteiger partial charge in [0.1, 0.15) is 5.82 Å². The van der Waals surface area contributed by atoms with E-state index in [1.807, 2.05) is 11.8 Å². The van der Waals surface area contributed by atoms with E-state index in [1.165, 1.54) is 30.8 Å². The van der Waals surface area contributed by atoms with E-state index in [1.54, 1.807) is 0 Å². The second kappa shape index (κ2) is 4.92. The van der Waals surface area contributed by atoms with Crippen LogP contribution in [-0.2, 0) is 0 Å². The number of aromatic nitrogens is 2. The highest BCUT2D eigenvalue weighted by atomic mass is 32.2. The first-order valence-corrected chi connectivity index (χ1v) is 7.78. The van der Waals surface area contributed by atoms with Crippen LogP contribution >= 0.6 is 23.3 Å². The van der Waals surface area contributed by atoms with Crippen LogP contribution in [0.1, 0.15) is 44.9 Å². The van der Waals surface area contributed by atoms with Crippen molar-refractivity contribution in [2.75, 3.05) is 18.1 Å². The highest BCUT2D eigenvalue weighted by Crippen LogP contribution is 2.42. The van der Waals surface area contributed by atoms with Gasteiger partial charge in [0.25, 0.3) is 0 Å². The van der Waals surface area contributed by atoms with E-state index in [0.29, 0.717) is 10.7 Å². The van der Waals surface area contributed by atoms with Crippen molar-refractivity contribution in [1.29, 1.82) is 0 Å². The van der Waals surface area contributed by atoms with Crippen molar-refractivity contribution in [2.45, 2.75) is 43.8 Å². The first kappa shape index (κ1) is 12.2. The molecule has 0 amide bonds. The lowest BCUT2D eigenvalue weighted by atomic mass is 9.84. The molecule has 0 aliphatic heterocycles. The maximum absolute atomic E-state index is 4.49. The molecule has 0 unspecified atom stereocenters. The van der Waals surface area contributed by atoms with Crippen molar-refractivity contribution < 1.29 is 0 Å². The zero-order valence-electron chi connectivity index (χ0n) is 10.1. The van der Waals surface area contributed by atoms with Crippen molar-refractivity contribution in [1.82, 2.24) is 9.36 Å². The van der Waals surface area contributed by atoms with Crippen LogP contribution in [-0.4, -0.2) is 26.9 Å². The summed E-state index contributed by atoms with van der Waals surface area (Å²) < 4.78 is 4.81. The number of hydrogen-bond acceptors (Lipinski definition) is 5. The molecule has 0 bridgehead atoms. The third-order valence-corrected chi connectivity index (χ3v) is 5.32. The molecule has 1 aliphatic carbocycles. The number of nitrogens with zero attached hydrogens (tertiary/aromatic N) is 2. The van der Waals surface area contributed by atoms with Gasteiger partial charge in [-0.05, 0) is 19.1 Å². The van der Waals surface area contributed by atoms with E-state index in [-0.39, 0.29) is 0 Å². The van der Waals surface area contributed by atoms with Gasteiger partial charge < -0.3 is 5.32 Å². The third kappa shape index (κ3) is 2.51. The molecule has 1 aliphatic rings. The van der Waals surface area contributed by atoms with E-state index in [9.17, 15) is 0 Å². The maximum atomic E-state index is 4.49. The molecule has 0 saturated heterocycles. The largest absolute Gasteiger partial charge is 0.359 e. The SMILES string of the molecule is CSC1(CNc2nc(C(C)C)ns2)CCC1. The Morgan fingerprint density at radius 2 is 2.25 bits per heavy atom. The summed E-state index contributed by atoms with van der Waals surface area (Å²) in [5.74, 6) is 1.38. The molecule has 16 heavy (non-hydrogen) atoms. The quantitative estimate of drug-likeness (QED) is 0.877. The van der Waals surface area contributed by atoms with E-state index in [4.69, 9.17) is 0 Å². The Morgan fingerprint density at radius 3 is 2.69 bits per heavy atom. The van der Waals surface area contributed by atoms with Crippen molar-refractivity contribution in [3.8, 4) is 0 Å². The Kier molecular flexibility index (Phi) is 3.74. The average Bonchev–Trinajstić information content (AvgIpc) is 2.65. The van der Waals surface area contributed by atoms with Crippen LogP contribution < -0.4 is 5.32 Å². The van der Waals surface area contributed by atoms with Gasteiger partial charge in [0.2, 0.25) is 5.13 Å². The minimum atomic E-state index is 0.421. The van der Waals surface area contributed by atoms with Crippen molar-refractivity contribution in [3.63, 3.8) is 0 Å². The molecule has 0 aromatic carbocycles. The highest BCUT2D eigenvalue weighted by molar-refractivity contribution is 8.00. The lowest BCUT2D eigenvalue weighted by Gasteiger charge is -2.40. The van der Waals surface area contributed by atoms with Gasteiger partial charge in [-0.15, -0.1) is 0 Å². The Morgan fingerprint density at radius 1 is 1.50 bits per heavy atom. The fourth-order valence-electron chi connectivity index (χ4n) is 1.80. The summed E-state index contributed by atoms with van der Waals surface area (Å²) in [5.41, 5.74) is 0. The Hall–Kier alpha value is -0.290. The molecule has 1 aromatic heterocycles. The van der Waals surface area contributed by atoms with Gasteiger partial charge in [0.15, 0.2) is 0 Å². The fraction of sp³-hybridized carbons (Fsp3) is 0.818. The zero-order chi connectivity index (χ0) is 11.6. The first-order valence-electron chi connectivity index (χ1n) is 5.78. The lowest BCUT2D eigenvalue weighted by Crippen LogP contribution is -2.40. The number of rotatable bonds is 5. The summed E-state index contributed by atoms with van der Waals surface area (Å²) >= 11 is 3.47. The second-order valence-corrected chi connectivity index (χ2v) is 6.73. The molecule has 1 heterocycles. The lowest BCUT2D eigenvalue weighted by molar-refractivity contribution is 0.380. The van der Waals surface area contributed by atoms with Gasteiger partial charge in [-0.2, -0.15) is 16.1 Å². The van der Waals surface area contributed by atoms with Crippen LogP contribution in [0.25, 0.3) is 0 Å². The summed E-state index contributed by atoms with van der Waals surface area (Å²) in [5, 5.41) is 4.41. The number of hydrogen-bond donors (Lipinski definition) is 1. The van der Waals surface area contributed by atoms with Gasteiger partial charge in [0.05, 0.1) is 0 Å². The fourth-order valence-corrected chi connectivity index (χ4v) is 3.42. The predicted octanol–water partition coefficient (Wildman–Crippen LogP) is 3.36. The Labute approximate surface area is 106 Å². The molecule has 1 fully saturated rings. The van der Waals surface area contributed by atoms with Crippen molar-refractivity contribution in [2.24, 2.45) is 0 Å². The van der Waals surface area contributed by atoms with Crippen LogP contribution in [0, 0.1) is 0 Å². The number of thioether (sulfide) groups is 1. The normalized spacial score (nSPS) is 18.5. The van der Waals surface area contributed by atoms with Crippen LogP contribution in [0.3, 0.4) is 0 Å². The Bertz CT molecular complexity index is 339. The van der Waals surface area contributed by atoms with Gasteiger partial charge in [-0.25, -0.2) is 4.98 Å². The zero-order valence-corrected chi connectivity index (χ0v) is 11.7. The number of nitrogens with one attached hydrogen (secondary N) is 1. The van der Waals surface area contributed by atoms with Crippen LogP contribution in [0.15, 0.2) is 0 Å². The molecular weight excluding hydrogens is 238 g/mol. The Balaban J connectivity index is 1.89. The smallest absolute Gasteiger partial charge is 0.202 e. The summed E-state index contributed by atoms with van der Waals surface area (Å²) in [6, 6.07) is 0. The van der Waals surface area contributed by atoms with E-state index in [2.05, 4.69) is 34.8 Å². The van der Waals surface area contributed by atoms with E-state index < -0.39 is 0 Å². The molecule has 0 spiro atoms. The minimum absolute atomic E-state index is 0.421. The summed E-state index contributed by atoms with van der Waals surface area (Å²) in [6.45, 7) is 5.28. The van der Waals surface area contributed by atoms with Crippen molar-refractivity contribution >= 4 is 28.4 Å². The number of anilines is 1. The standard InChI is InChI=1S/C11H19N3S2/c1-8(2)9-13-10(16-14-9)12-7-11(15-3)5-4-6-11/h8H,4-7H2,1-3H3,(H,12,13,14). The third-order valence-electron chi connectivity index (χ3n) is 3.22. The van der Waals surface area contributed by atoms with Crippen LogP contribution in [0.4, 0.5) is 5.13 Å². The van der Waals surface area contributed by atoms with Gasteiger partial charge in [-0.3, -0.25) is 0 Å². The van der Waals surface area contributed by atoms with E-state index in [0.717, 1.165) is 17.5 Å². The molecule has 0 radical (unpaired) electrons. The molecule has 1 saturated carbocycles. The average molecular weight is 257 g/mol. The summed E-state index contributed by atoms with van der Waals surface area (Å²) in [7, 11) is 0. The van der Waals surface area contributed by atoms with Crippen molar-refractivity contribution in [3.05, 3.63) is 5.82 Å². The second-order valence-electron chi connectivity index (χ2n) is 4.71. The first-order chi connectivity index (χ1) is 7.65. The molecule has 2 rings (SSSR count). The van der Waals surface area contributed by atoms with Gasteiger partial charge in [-0.1, -0.05) is 20.3 Å². The van der Waals surface area contributed by atoms with E-state index >= 15 is 0 Å². The van der Waals surface area contributed by atoms with Gasteiger partial charge >= 0.3 is 0 Å². The summed E-state index contributed by atoms with van der Waals surface area (Å²) in [4.78, 5) is 4.49. The molecule has 5 heteroatoms. The van der Waals surface area contributed by atoms with Crippen LogP contribution in [0.5, 0.6) is 0 Å². The van der Waals surface area contributed by atoms with Gasteiger partial charge in [0, 0.05) is 28.7 Å². The topological polar surface area (TPSA) is 37.8 Å². The predicted molar refractivity (Wildman–Crippen MR) is 72.6 cm³/mol. The molecular formula is C11H19N3S2.